The molecular formula is C25H26N4O2. The molecule has 4 N–H and O–H groups in total. The summed E-state index contributed by atoms with van der Waals surface area (Å²) >= 11 is 0. The fraction of sp³-hybridized carbons (Fsp3) is 0.200. The van der Waals surface area contributed by atoms with Gasteiger partial charge in [-0.25, -0.2) is 0 Å². The van der Waals surface area contributed by atoms with E-state index in [0.717, 1.165) is 38.9 Å². The molecule has 1 unspecified atom stereocenters. The fourth-order valence-corrected chi connectivity index (χ4v) is 3.74. The maximum Gasteiger partial charge on any atom is 0.251 e. The molecule has 0 bridgehead atoms. The van der Waals surface area contributed by atoms with Gasteiger partial charge in [-0.3, -0.25) is 9.89 Å². The number of H-pyrrole nitrogens is 1. The lowest BCUT2D eigenvalue weighted by molar-refractivity contribution is 0.0937. The third kappa shape index (κ3) is 4.29. The van der Waals surface area contributed by atoms with Crippen LogP contribution in [0.2, 0.25) is 0 Å². The lowest BCUT2D eigenvalue weighted by atomic mass is 9.99. The molecular weight excluding hydrogens is 388 g/mol. The molecule has 0 saturated carbocycles. The Morgan fingerprint density at radius 1 is 1.10 bits per heavy atom. The molecule has 1 aromatic heterocycles. The Kier molecular flexibility index (Phi) is 5.73. The van der Waals surface area contributed by atoms with Gasteiger partial charge in [-0.15, -0.1) is 0 Å². The van der Waals surface area contributed by atoms with E-state index in [4.69, 9.17) is 10.5 Å². The quantitative estimate of drug-likeness (QED) is 0.439. The van der Waals surface area contributed by atoms with Crippen molar-refractivity contribution in [1.29, 1.82) is 0 Å². The summed E-state index contributed by atoms with van der Waals surface area (Å²) in [6.07, 6.45) is 0. The number of aryl methyl sites for hydroxylation is 2. The third-order valence-corrected chi connectivity index (χ3v) is 5.47. The number of rotatable bonds is 6. The van der Waals surface area contributed by atoms with Gasteiger partial charge in [-0.05, 0) is 60.9 Å². The lowest BCUT2D eigenvalue weighted by Crippen LogP contribution is -2.33. The van der Waals surface area contributed by atoms with E-state index in [0.29, 0.717) is 17.9 Å². The van der Waals surface area contributed by atoms with Crippen molar-refractivity contribution in [2.75, 3.05) is 13.7 Å². The van der Waals surface area contributed by atoms with Gasteiger partial charge in [-0.1, -0.05) is 35.9 Å². The van der Waals surface area contributed by atoms with Crippen molar-refractivity contribution < 1.29 is 9.53 Å². The molecule has 0 saturated heterocycles. The molecule has 1 atom stereocenters. The molecule has 0 radical (unpaired) electrons. The first-order chi connectivity index (χ1) is 15.0. The van der Waals surface area contributed by atoms with Crippen molar-refractivity contribution in [3.8, 4) is 16.9 Å². The second-order valence-electron chi connectivity index (χ2n) is 7.71. The SMILES string of the molecule is COc1cc(C(=O)NC(CN)c2cccc(C)c2)cc(-c2ccc3n[nH]c(C)c3c2)c1. The Balaban J connectivity index is 1.67. The van der Waals surface area contributed by atoms with Crippen molar-refractivity contribution in [2.45, 2.75) is 19.9 Å². The van der Waals surface area contributed by atoms with Crippen LogP contribution < -0.4 is 15.8 Å². The second-order valence-corrected chi connectivity index (χ2v) is 7.71. The molecule has 0 aliphatic rings. The summed E-state index contributed by atoms with van der Waals surface area (Å²) in [7, 11) is 1.60. The van der Waals surface area contributed by atoms with Crippen LogP contribution in [-0.4, -0.2) is 29.8 Å². The van der Waals surface area contributed by atoms with Crippen LogP contribution in [0.1, 0.15) is 33.2 Å². The minimum absolute atomic E-state index is 0.197. The van der Waals surface area contributed by atoms with E-state index in [9.17, 15) is 4.79 Å². The number of benzene rings is 3. The smallest absolute Gasteiger partial charge is 0.251 e. The van der Waals surface area contributed by atoms with Gasteiger partial charge in [-0.2, -0.15) is 5.10 Å². The first kappa shape index (κ1) is 20.6. The summed E-state index contributed by atoms with van der Waals surface area (Å²) in [6.45, 7) is 4.32. The molecule has 0 aliphatic heterocycles. The van der Waals surface area contributed by atoms with E-state index in [-0.39, 0.29) is 11.9 Å². The largest absolute Gasteiger partial charge is 0.497 e. The van der Waals surface area contributed by atoms with Crippen molar-refractivity contribution in [1.82, 2.24) is 15.5 Å². The molecule has 0 aliphatic carbocycles. The monoisotopic (exact) mass is 414 g/mol. The van der Waals surface area contributed by atoms with Gasteiger partial charge in [0.1, 0.15) is 5.75 Å². The second kappa shape index (κ2) is 8.62. The predicted molar refractivity (Wildman–Crippen MR) is 123 cm³/mol. The zero-order valence-corrected chi connectivity index (χ0v) is 17.9. The van der Waals surface area contributed by atoms with Gasteiger partial charge < -0.3 is 15.8 Å². The van der Waals surface area contributed by atoms with Crippen LogP contribution in [0.4, 0.5) is 0 Å². The molecule has 0 spiro atoms. The molecule has 6 nitrogen and oxygen atoms in total. The van der Waals surface area contributed by atoms with E-state index in [1.165, 1.54) is 0 Å². The fourth-order valence-electron chi connectivity index (χ4n) is 3.74. The summed E-state index contributed by atoms with van der Waals surface area (Å²) in [5, 5.41) is 11.4. The zero-order valence-electron chi connectivity index (χ0n) is 17.9. The summed E-state index contributed by atoms with van der Waals surface area (Å²) in [5.74, 6) is 0.421. The van der Waals surface area contributed by atoms with Gasteiger partial charge in [0, 0.05) is 23.2 Å². The number of methoxy groups -OCH3 is 1. The minimum Gasteiger partial charge on any atom is -0.497 e. The van der Waals surface area contributed by atoms with E-state index in [1.54, 1.807) is 13.2 Å². The Labute approximate surface area is 181 Å². The average molecular weight is 415 g/mol. The number of hydrogen-bond acceptors (Lipinski definition) is 4. The highest BCUT2D eigenvalue weighted by Gasteiger charge is 2.17. The Hall–Kier alpha value is -3.64. The van der Waals surface area contributed by atoms with E-state index >= 15 is 0 Å². The maximum atomic E-state index is 13.1. The number of carbonyl (C=O) groups is 1. The van der Waals surface area contributed by atoms with E-state index in [1.807, 2.05) is 62.4 Å². The van der Waals surface area contributed by atoms with E-state index in [2.05, 4.69) is 21.6 Å². The van der Waals surface area contributed by atoms with Gasteiger partial charge in [0.15, 0.2) is 0 Å². The molecule has 6 heteroatoms. The first-order valence-electron chi connectivity index (χ1n) is 10.2. The average Bonchev–Trinajstić information content (AvgIpc) is 3.17. The number of nitrogens with one attached hydrogen (secondary N) is 2. The molecule has 3 aromatic carbocycles. The van der Waals surface area contributed by atoms with E-state index < -0.39 is 0 Å². The number of hydrogen-bond donors (Lipinski definition) is 3. The van der Waals surface area contributed by atoms with Crippen molar-refractivity contribution in [3.63, 3.8) is 0 Å². The summed E-state index contributed by atoms with van der Waals surface area (Å²) < 4.78 is 5.47. The van der Waals surface area contributed by atoms with Crippen molar-refractivity contribution in [2.24, 2.45) is 5.73 Å². The number of nitrogens with two attached hydrogens (primary N) is 1. The third-order valence-electron chi connectivity index (χ3n) is 5.47. The standard InChI is InChI=1S/C25H26N4O2/c1-15-5-4-6-18(9-15)24(14-26)27-25(30)20-10-19(11-21(12-20)31-3)17-7-8-23-22(13-17)16(2)28-29-23/h4-13,24H,14,26H2,1-3H3,(H,27,30)(H,28,29). The Bertz CT molecular complexity index is 1250. The van der Waals surface area contributed by atoms with Crippen LogP contribution in [-0.2, 0) is 0 Å². The molecule has 1 heterocycles. The predicted octanol–water partition coefficient (Wildman–Crippen LogP) is 4.29. The maximum absolute atomic E-state index is 13.1. The van der Waals surface area contributed by atoms with Crippen LogP contribution in [0.25, 0.3) is 22.0 Å². The Morgan fingerprint density at radius 2 is 1.94 bits per heavy atom. The highest BCUT2D eigenvalue weighted by molar-refractivity contribution is 5.97. The molecule has 31 heavy (non-hydrogen) atoms. The Morgan fingerprint density at radius 3 is 2.68 bits per heavy atom. The topological polar surface area (TPSA) is 93.0 Å². The number of amides is 1. The summed E-state index contributed by atoms with van der Waals surface area (Å²) in [4.78, 5) is 13.1. The van der Waals surface area contributed by atoms with Gasteiger partial charge in [0.25, 0.3) is 5.91 Å². The van der Waals surface area contributed by atoms with Crippen LogP contribution in [0.5, 0.6) is 5.75 Å². The highest BCUT2D eigenvalue weighted by Crippen LogP contribution is 2.29. The normalized spacial score (nSPS) is 12.0. The molecule has 158 valence electrons. The van der Waals surface area contributed by atoms with Gasteiger partial charge in [0.05, 0.1) is 18.7 Å². The molecule has 1 amide bonds. The number of fused-ring (bicyclic) bond motifs is 1. The molecule has 0 fully saturated rings. The zero-order chi connectivity index (χ0) is 22.0. The number of carbonyl (C=O) groups excluding carboxylic acids is 1. The lowest BCUT2D eigenvalue weighted by Gasteiger charge is -2.18. The number of aromatic nitrogens is 2. The number of ether oxygens (including phenoxy) is 1. The van der Waals surface area contributed by atoms with Gasteiger partial charge >= 0.3 is 0 Å². The van der Waals surface area contributed by atoms with Crippen LogP contribution in [0, 0.1) is 13.8 Å². The number of aromatic amines is 1. The van der Waals surface area contributed by atoms with Gasteiger partial charge in [0.2, 0.25) is 0 Å². The van der Waals surface area contributed by atoms with Crippen molar-refractivity contribution in [3.05, 3.63) is 83.0 Å². The van der Waals surface area contributed by atoms with Crippen molar-refractivity contribution >= 4 is 16.8 Å². The number of nitrogens with zero attached hydrogens (tertiary/aromatic N) is 1. The molecule has 4 rings (SSSR count). The highest BCUT2D eigenvalue weighted by atomic mass is 16.5. The minimum atomic E-state index is -0.271. The van der Waals surface area contributed by atoms with Crippen LogP contribution in [0.15, 0.2) is 60.7 Å². The van der Waals surface area contributed by atoms with Crippen LogP contribution in [0.3, 0.4) is 0 Å². The summed E-state index contributed by atoms with van der Waals surface area (Å²) in [5.41, 5.74) is 12.4. The van der Waals surface area contributed by atoms with Crippen LogP contribution >= 0.6 is 0 Å². The molecule has 4 aromatic rings. The first-order valence-corrected chi connectivity index (χ1v) is 10.2. The summed E-state index contributed by atoms with van der Waals surface area (Å²) in [6, 6.07) is 19.3.